The van der Waals surface area contributed by atoms with Crippen molar-refractivity contribution in [2.45, 2.75) is 25.0 Å². The number of nitrogens with one attached hydrogen (secondary N) is 4. The van der Waals surface area contributed by atoms with Gasteiger partial charge >= 0.3 is 0 Å². The van der Waals surface area contributed by atoms with Crippen molar-refractivity contribution in [3.63, 3.8) is 0 Å². The van der Waals surface area contributed by atoms with Crippen molar-refractivity contribution in [3.8, 4) is 0 Å². The van der Waals surface area contributed by atoms with Crippen LogP contribution >= 0.6 is 0 Å². The molecule has 3 aliphatic rings. The number of carbonyl (C=O) groups excluding carboxylic acids is 1. The molecule has 26 heavy (non-hydrogen) atoms. The molecule has 3 fully saturated rings. The standard InChI is InChI=1S/C18H29N7O/c1-24-6-8-25(9-7-24)16-10-13(2-5-20-16)11-21-18(26)17-14-12-19-4-3-15(14)22-23-17/h2,5,10,14-15,17,19,22-23H,3-4,6-9,11-12H2,1H3,(H,21,26). The smallest absolute Gasteiger partial charge is 0.239 e. The summed E-state index contributed by atoms with van der Waals surface area (Å²) in [5.74, 6) is 1.37. The molecule has 1 amide bonds. The third-order valence-corrected chi connectivity index (χ3v) is 5.77. The zero-order valence-corrected chi connectivity index (χ0v) is 15.4. The van der Waals surface area contributed by atoms with Crippen LogP contribution in [-0.2, 0) is 11.3 Å². The number of likely N-dealkylation sites (N-methyl/N-ethyl adjacent to an activating group) is 1. The maximum atomic E-state index is 12.6. The normalized spacial score (nSPS) is 29.4. The maximum absolute atomic E-state index is 12.6. The van der Waals surface area contributed by atoms with E-state index in [1.165, 1.54) is 0 Å². The number of fused-ring (bicyclic) bond motifs is 1. The van der Waals surface area contributed by atoms with Crippen molar-refractivity contribution in [3.05, 3.63) is 23.9 Å². The summed E-state index contributed by atoms with van der Waals surface area (Å²) in [6.07, 6.45) is 2.89. The first-order valence-electron chi connectivity index (χ1n) is 9.58. The Hall–Kier alpha value is -1.74. The van der Waals surface area contributed by atoms with E-state index in [4.69, 9.17) is 0 Å². The van der Waals surface area contributed by atoms with Crippen LogP contribution < -0.4 is 26.4 Å². The lowest BCUT2D eigenvalue weighted by Gasteiger charge is -2.33. The van der Waals surface area contributed by atoms with Gasteiger partial charge in [-0.2, -0.15) is 0 Å². The lowest BCUT2D eigenvalue weighted by atomic mass is 9.89. The molecule has 0 aliphatic carbocycles. The average molecular weight is 359 g/mol. The van der Waals surface area contributed by atoms with Gasteiger partial charge in [0.05, 0.1) is 0 Å². The van der Waals surface area contributed by atoms with Gasteiger partial charge in [0.2, 0.25) is 5.91 Å². The Bertz CT molecular complexity index is 632. The molecule has 0 saturated carbocycles. The van der Waals surface area contributed by atoms with Crippen molar-refractivity contribution in [1.82, 2.24) is 31.4 Å². The Morgan fingerprint density at radius 3 is 3.00 bits per heavy atom. The van der Waals surface area contributed by atoms with Gasteiger partial charge in [-0.05, 0) is 37.7 Å². The second kappa shape index (κ2) is 7.87. The van der Waals surface area contributed by atoms with Crippen LogP contribution in [0.25, 0.3) is 0 Å². The molecular formula is C18H29N7O. The summed E-state index contributed by atoms with van der Waals surface area (Å²) < 4.78 is 0. The van der Waals surface area contributed by atoms with Gasteiger partial charge in [-0.3, -0.25) is 10.2 Å². The van der Waals surface area contributed by atoms with Gasteiger partial charge in [-0.1, -0.05) is 0 Å². The number of hydrogen-bond acceptors (Lipinski definition) is 7. The lowest BCUT2D eigenvalue weighted by Crippen LogP contribution is -2.49. The number of rotatable bonds is 4. The third kappa shape index (κ3) is 3.83. The number of aromatic nitrogens is 1. The summed E-state index contributed by atoms with van der Waals surface area (Å²) in [6, 6.07) is 4.28. The summed E-state index contributed by atoms with van der Waals surface area (Å²) in [5.41, 5.74) is 7.54. The predicted octanol–water partition coefficient (Wildman–Crippen LogP) is -1.10. The molecule has 0 bridgehead atoms. The van der Waals surface area contributed by atoms with Crippen LogP contribution in [0.1, 0.15) is 12.0 Å². The van der Waals surface area contributed by atoms with E-state index >= 15 is 0 Å². The van der Waals surface area contributed by atoms with Gasteiger partial charge in [0.15, 0.2) is 0 Å². The maximum Gasteiger partial charge on any atom is 0.239 e. The molecular weight excluding hydrogens is 330 g/mol. The molecule has 8 heteroatoms. The zero-order chi connectivity index (χ0) is 17.9. The Kier molecular flexibility index (Phi) is 5.35. The highest BCUT2D eigenvalue weighted by Crippen LogP contribution is 2.20. The molecule has 3 aliphatic heterocycles. The summed E-state index contributed by atoms with van der Waals surface area (Å²) >= 11 is 0. The number of anilines is 1. The van der Waals surface area contributed by atoms with Crippen molar-refractivity contribution in [2.24, 2.45) is 5.92 Å². The summed E-state index contributed by atoms with van der Waals surface area (Å²) in [6.45, 7) is 6.52. The molecule has 4 heterocycles. The van der Waals surface area contributed by atoms with Crippen molar-refractivity contribution in [1.29, 1.82) is 0 Å². The second-order valence-corrected chi connectivity index (χ2v) is 7.56. The molecule has 142 valence electrons. The van der Waals surface area contributed by atoms with Crippen LogP contribution in [0.4, 0.5) is 5.82 Å². The largest absolute Gasteiger partial charge is 0.354 e. The molecule has 4 rings (SSSR count). The van der Waals surface area contributed by atoms with Gasteiger partial charge in [0.1, 0.15) is 11.9 Å². The van der Waals surface area contributed by atoms with E-state index in [9.17, 15) is 4.79 Å². The predicted molar refractivity (Wildman–Crippen MR) is 101 cm³/mol. The van der Waals surface area contributed by atoms with Gasteiger partial charge in [-0.15, -0.1) is 0 Å². The van der Waals surface area contributed by atoms with Crippen molar-refractivity contribution in [2.75, 3.05) is 51.2 Å². The molecule has 1 aromatic rings. The van der Waals surface area contributed by atoms with E-state index in [1.807, 2.05) is 12.3 Å². The van der Waals surface area contributed by atoms with Gasteiger partial charge in [0, 0.05) is 57.4 Å². The molecule has 3 saturated heterocycles. The highest BCUT2D eigenvalue weighted by Gasteiger charge is 2.40. The second-order valence-electron chi connectivity index (χ2n) is 7.56. The molecule has 0 spiro atoms. The van der Waals surface area contributed by atoms with E-state index in [-0.39, 0.29) is 11.9 Å². The van der Waals surface area contributed by atoms with E-state index in [0.717, 1.165) is 57.1 Å². The first kappa shape index (κ1) is 17.7. The topological polar surface area (TPSA) is 84.6 Å². The highest BCUT2D eigenvalue weighted by molar-refractivity contribution is 5.82. The lowest BCUT2D eigenvalue weighted by molar-refractivity contribution is -0.124. The molecule has 8 nitrogen and oxygen atoms in total. The zero-order valence-electron chi connectivity index (χ0n) is 15.4. The fraction of sp³-hybridized carbons (Fsp3) is 0.667. The van der Waals surface area contributed by atoms with Crippen LogP contribution in [0.15, 0.2) is 18.3 Å². The van der Waals surface area contributed by atoms with E-state index in [2.05, 4.69) is 49.4 Å². The van der Waals surface area contributed by atoms with Crippen LogP contribution in [0.2, 0.25) is 0 Å². The van der Waals surface area contributed by atoms with Gasteiger partial charge < -0.3 is 20.4 Å². The van der Waals surface area contributed by atoms with Crippen molar-refractivity contribution < 1.29 is 4.79 Å². The number of pyridine rings is 1. The SMILES string of the molecule is CN1CCN(c2cc(CNC(=O)C3NNC4CCNCC43)ccn2)CC1. The first-order chi connectivity index (χ1) is 12.7. The van der Waals surface area contributed by atoms with Crippen LogP contribution in [0.5, 0.6) is 0 Å². The molecule has 3 atom stereocenters. The van der Waals surface area contributed by atoms with Crippen molar-refractivity contribution >= 4 is 11.7 Å². The minimum atomic E-state index is -0.174. The Labute approximate surface area is 154 Å². The third-order valence-electron chi connectivity index (χ3n) is 5.77. The molecule has 4 N–H and O–H groups in total. The summed E-state index contributed by atoms with van der Waals surface area (Å²) in [7, 11) is 2.15. The van der Waals surface area contributed by atoms with Crippen LogP contribution in [-0.4, -0.2) is 74.2 Å². The summed E-state index contributed by atoms with van der Waals surface area (Å²) in [5, 5.41) is 6.47. The molecule has 0 radical (unpaired) electrons. The number of piperidine rings is 1. The average Bonchev–Trinajstić information content (AvgIpc) is 3.11. The van der Waals surface area contributed by atoms with E-state index in [1.54, 1.807) is 0 Å². The number of nitrogens with zero attached hydrogens (tertiary/aromatic N) is 3. The van der Waals surface area contributed by atoms with Crippen LogP contribution in [0, 0.1) is 5.92 Å². The highest BCUT2D eigenvalue weighted by atomic mass is 16.2. The Balaban J connectivity index is 1.33. The number of carbonyl (C=O) groups is 1. The monoisotopic (exact) mass is 359 g/mol. The Morgan fingerprint density at radius 2 is 2.15 bits per heavy atom. The minimum absolute atomic E-state index is 0.0617. The van der Waals surface area contributed by atoms with Crippen LogP contribution in [0.3, 0.4) is 0 Å². The fourth-order valence-electron chi connectivity index (χ4n) is 4.05. The minimum Gasteiger partial charge on any atom is -0.354 e. The molecule has 1 aromatic heterocycles. The fourth-order valence-corrected chi connectivity index (χ4v) is 4.05. The first-order valence-corrected chi connectivity index (χ1v) is 9.58. The van der Waals surface area contributed by atoms with Gasteiger partial charge in [0.25, 0.3) is 0 Å². The molecule has 0 aromatic carbocycles. The molecule has 3 unspecified atom stereocenters. The quantitative estimate of drug-likeness (QED) is 0.543. The number of piperazine rings is 1. The van der Waals surface area contributed by atoms with Gasteiger partial charge in [-0.25, -0.2) is 10.4 Å². The van der Waals surface area contributed by atoms with E-state index < -0.39 is 0 Å². The van der Waals surface area contributed by atoms with E-state index in [0.29, 0.717) is 18.5 Å². The number of amides is 1. The number of hydrogen-bond donors (Lipinski definition) is 4. The number of hydrazine groups is 1. The Morgan fingerprint density at radius 1 is 1.31 bits per heavy atom. The summed E-state index contributed by atoms with van der Waals surface area (Å²) in [4.78, 5) is 21.8.